The third-order valence-electron chi connectivity index (χ3n) is 7.08. The molecule has 1 amide bonds. The van der Waals surface area contributed by atoms with Gasteiger partial charge in [0, 0.05) is 46.7 Å². The van der Waals surface area contributed by atoms with Crippen LogP contribution in [0.1, 0.15) is 58.3 Å². The molecule has 2 N–H and O–H groups in total. The number of hydrogen-bond donors (Lipinski definition) is 1. The second-order valence-electron chi connectivity index (χ2n) is 10.4. The summed E-state index contributed by atoms with van der Waals surface area (Å²) in [6, 6.07) is 15.5. The number of benzene rings is 2. The number of nitrogens with two attached hydrogens (primary N) is 1. The SMILES string of the molecule is Cc1csc(C2CCCN2C(=O)c2cc(-c3cncnc3)cc(-c3nnc(C(C)(N)Cc4ccccc4)o3)c2)n1. The number of thiazole rings is 1. The van der Waals surface area contributed by atoms with Gasteiger partial charge in [-0.05, 0) is 62.4 Å². The largest absolute Gasteiger partial charge is 0.419 e. The highest BCUT2D eigenvalue weighted by atomic mass is 32.1. The molecule has 6 rings (SSSR count). The normalized spacial score (nSPS) is 16.7. The van der Waals surface area contributed by atoms with Crippen LogP contribution in [0.2, 0.25) is 0 Å². The zero-order valence-electron chi connectivity index (χ0n) is 22.3. The molecule has 1 aliphatic heterocycles. The number of likely N-dealkylation sites (tertiary alicyclic amines) is 1. The van der Waals surface area contributed by atoms with Crippen molar-refractivity contribution in [2.45, 2.75) is 44.7 Å². The first-order chi connectivity index (χ1) is 19.4. The minimum absolute atomic E-state index is 0.0377. The smallest absolute Gasteiger partial charge is 0.254 e. The van der Waals surface area contributed by atoms with Crippen molar-refractivity contribution in [2.24, 2.45) is 5.73 Å². The molecule has 0 aliphatic carbocycles. The maximum atomic E-state index is 14.0. The Kier molecular flexibility index (Phi) is 6.95. The summed E-state index contributed by atoms with van der Waals surface area (Å²) in [4.78, 5) is 28.9. The van der Waals surface area contributed by atoms with Gasteiger partial charge in [0.1, 0.15) is 11.3 Å². The van der Waals surface area contributed by atoms with Crippen LogP contribution in [0.4, 0.5) is 0 Å². The monoisotopic (exact) mass is 551 g/mol. The Bertz CT molecular complexity index is 1630. The lowest BCUT2D eigenvalue weighted by Crippen LogP contribution is -2.35. The van der Waals surface area contributed by atoms with E-state index in [1.54, 1.807) is 29.8 Å². The summed E-state index contributed by atoms with van der Waals surface area (Å²) in [6.45, 7) is 4.52. The zero-order valence-corrected chi connectivity index (χ0v) is 23.1. The van der Waals surface area contributed by atoms with Gasteiger partial charge in [-0.25, -0.2) is 15.0 Å². The molecule has 1 saturated heterocycles. The van der Waals surface area contributed by atoms with Crippen molar-refractivity contribution in [1.29, 1.82) is 0 Å². The van der Waals surface area contributed by atoms with E-state index in [9.17, 15) is 4.79 Å². The quantitative estimate of drug-likeness (QED) is 0.287. The fourth-order valence-corrected chi connectivity index (χ4v) is 6.06. The Balaban J connectivity index is 1.36. The molecule has 202 valence electrons. The van der Waals surface area contributed by atoms with Gasteiger partial charge in [-0.3, -0.25) is 4.79 Å². The Morgan fingerprint density at radius 2 is 1.88 bits per heavy atom. The maximum absolute atomic E-state index is 14.0. The molecule has 40 heavy (non-hydrogen) atoms. The van der Waals surface area contributed by atoms with E-state index < -0.39 is 5.54 Å². The first kappa shape index (κ1) is 26.0. The molecule has 0 radical (unpaired) electrons. The third kappa shape index (κ3) is 5.28. The lowest BCUT2D eigenvalue weighted by molar-refractivity contribution is 0.0735. The van der Waals surface area contributed by atoms with Crippen molar-refractivity contribution in [2.75, 3.05) is 6.54 Å². The number of amides is 1. The summed E-state index contributed by atoms with van der Waals surface area (Å²) in [5, 5.41) is 11.6. The first-order valence-corrected chi connectivity index (χ1v) is 14.1. The molecule has 2 aromatic carbocycles. The van der Waals surface area contributed by atoms with Crippen LogP contribution >= 0.6 is 11.3 Å². The molecule has 9 nitrogen and oxygen atoms in total. The minimum Gasteiger partial charge on any atom is -0.419 e. The highest BCUT2D eigenvalue weighted by Crippen LogP contribution is 2.36. The van der Waals surface area contributed by atoms with Crippen molar-refractivity contribution in [3.05, 3.63) is 100 Å². The summed E-state index contributed by atoms with van der Waals surface area (Å²) in [7, 11) is 0. The molecule has 1 fully saturated rings. The van der Waals surface area contributed by atoms with Gasteiger partial charge in [-0.2, -0.15) is 0 Å². The number of nitrogens with zero attached hydrogens (tertiary/aromatic N) is 6. The molecular weight excluding hydrogens is 522 g/mol. The predicted molar refractivity (Wildman–Crippen MR) is 152 cm³/mol. The topological polar surface area (TPSA) is 124 Å². The number of aromatic nitrogens is 5. The van der Waals surface area contributed by atoms with E-state index in [0.29, 0.717) is 35.9 Å². The minimum atomic E-state index is -0.870. The van der Waals surface area contributed by atoms with Crippen molar-refractivity contribution >= 4 is 17.2 Å². The van der Waals surface area contributed by atoms with Crippen LogP contribution in [-0.4, -0.2) is 42.5 Å². The summed E-state index contributed by atoms with van der Waals surface area (Å²) in [6.07, 6.45) is 7.26. The zero-order chi connectivity index (χ0) is 27.7. The van der Waals surface area contributed by atoms with Crippen molar-refractivity contribution in [1.82, 2.24) is 30.0 Å². The maximum Gasteiger partial charge on any atom is 0.254 e. The van der Waals surface area contributed by atoms with Gasteiger partial charge >= 0.3 is 0 Å². The van der Waals surface area contributed by atoms with Gasteiger partial charge in [0.05, 0.1) is 11.6 Å². The number of carbonyl (C=O) groups excluding carboxylic acids is 1. The summed E-state index contributed by atoms with van der Waals surface area (Å²) in [5.74, 6) is 0.551. The fraction of sp³-hybridized carbons (Fsp3) is 0.267. The number of aryl methyl sites for hydroxylation is 1. The molecule has 2 atom stereocenters. The second-order valence-corrected chi connectivity index (χ2v) is 11.3. The van der Waals surface area contributed by atoms with Crippen LogP contribution in [0.15, 0.2) is 77.0 Å². The van der Waals surface area contributed by atoms with Crippen LogP contribution in [0.25, 0.3) is 22.6 Å². The molecule has 4 heterocycles. The van der Waals surface area contributed by atoms with Crippen LogP contribution in [0.3, 0.4) is 0 Å². The Morgan fingerprint density at radius 1 is 1.10 bits per heavy atom. The molecule has 0 spiro atoms. The van der Waals surface area contributed by atoms with E-state index in [2.05, 4.69) is 25.1 Å². The molecule has 5 aromatic rings. The van der Waals surface area contributed by atoms with Gasteiger partial charge in [0.25, 0.3) is 5.91 Å². The lowest BCUT2D eigenvalue weighted by atomic mass is 9.94. The standard InChI is InChI=1S/C30H29N7O2S/c1-19-17-40-27(34-19)25-9-6-10-37(25)28(38)23-12-21(24-15-32-18-33-16-24)11-22(13-23)26-35-36-29(39-26)30(2,31)14-20-7-4-3-5-8-20/h3-5,7-8,11-13,15-18,25H,6,9-10,14,31H2,1-2H3. The summed E-state index contributed by atoms with van der Waals surface area (Å²) < 4.78 is 6.14. The molecule has 3 aromatic heterocycles. The molecule has 0 bridgehead atoms. The molecule has 2 unspecified atom stereocenters. The van der Waals surface area contributed by atoms with E-state index >= 15 is 0 Å². The van der Waals surface area contributed by atoms with Crippen LogP contribution in [0, 0.1) is 6.92 Å². The van der Waals surface area contributed by atoms with Crippen LogP contribution in [0.5, 0.6) is 0 Å². The molecule has 10 heteroatoms. The molecule has 1 aliphatic rings. The average molecular weight is 552 g/mol. The number of carbonyl (C=O) groups is 1. The van der Waals surface area contributed by atoms with E-state index in [1.807, 2.05) is 66.6 Å². The van der Waals surface area contributed by atoms with Crippen molar-refractivity contribution < 1.29 is 9.21 Å². The Labute approximate surface area is 236 Å². The lowest BCUT2D eigenvalue weighted by Gasteiger charge is -2.23. The number of hydrogen-bond acceptors (Lipinski definition) is 9. The van der Waals surface area contributed by atoms with Gasteiger partial charge in [0.2, 0.25) is 11.8 Å². The summed E-state index contributed by atoms with van der Waals surface area (Å²) in [5.41, 5.74) is 10.5. The average Bonchev–Trinajstić information content (AvgIpc) is 3.74. The Morgan fingerprint density at radius 3 is 2.62 bits per heavy atom. The van der Waals surface area contributed by atoms with Crippen molar-refractivity contribution in [3.63, 3.8) is 0 Å². The van der Waals surface area contributed by atoms with Gasteiger partial charge in [-0.15, -0.1) is 21.5 Å². The molecule has 0 saturated carbocycles. The Hall–Kier alpha value is -4.28. The second kappa shape index (κ2) is 10.7. The van der Waals surface area contributed by atoms with E-state index in [-0.39, 0.29) is 11.9 Å². The van der Waals surface area contributed by atoms with Gasteiger partial charge in [-0.1, -0.05) is 30.3 Å². The predicted octanol–water partition coefficient (Wildman–Crippen LogP) is 5.35. The number of rotatable bonds is 7. The van der Waals surface area contributed by atoms with Gasteiger partial charge < -0.3 is 15.1 Å². The van der Waals surface area contributed by atoms with Crippen LogP contribution in [-0.2, 0) is 12.0 Å². The highest BCUT2D eigenvalue weighted by molar-refractivity contribution is 7.09. The third-order valence-corrected chi connectivity index (χ3v) is 8.15. The highest BCUT2D eigenvalue weighted by Gasteiger charge is 2.33. The molecular formula is C30H29N7O2S. The summed E-state index contributed by atoms with van der Waals surface area (Å²) >= 11 is 1.60. The van der Waals surface area contributed by atoms with E-state index in [4.69, 9.17) is 10.2 Å². The van der Waals surface area contributed by atoms with Crippen molar-refractivity contribution in [3.8, 4) is 22.6 Å². The van der Waals surface area contributed by atoms with E-state index in [1.165, 1.54) is 6.33 Å². The first-order valence-electron chi connectivity index (χ1n) is 13.2. The van der Waals surface area contributed by atoms with Gasteiger partial charge in [0.15, 0.2) is 0 Å². The van der Waals surface area contributed by atoms with Crippen LogP contribution < -0.4 is 5.73 Å². The van der Waals surface area contributed by atoms with E-state index in [0.717, 1.165) is 40.2 Å². The fourth-order valence-electron chi connectivity index (χ4n) is 5.11.